The van der Waals surface area contributed by atoms with Crippen LogP contribution in [0.15, 0.2) is 48.8 Å². The van der Waals surface area contributed by atoms with E-state index in [1.807, 2.05) is 30.3 Å². The van der Waals surface area contributed by atoms with Gasteiger partial charge in [-0.1, -0.05) is 30.3 Å². The lowest BCUT2D eigenvalue weighted by molar-refractivity contribution is -0.154. The molecule has 152 valence electrons. The number of rotatable bonds is 7. The summed E-state index contributed by atoms with van der Waals surface area (Å²) in [7, 11) is 0. The Morgan fingerprint density at radius 3 is 2.59 bits per heavy atom. The third-order valence-electron chi connectivity index (χ3n) is 3.90. The van der Waals surface area contributed by atoms with E-state index in [4.69, 9.17) is 9.47 Å². The van der Waals surface area contributed by atoms with Crippen molar-refractivity contribution in [2.75, 3.05) is 6.54 Å². The summed E-state index contributed by atoms with van der Waals surface area (Å²) < 4.78 is 12.6. The fourth-order valence-corrected chi connectivity index (χ4v) is 2.69. The van der Waals surface area contributed by atoms with Crippen molar-refractivity contribution in [2.24, 2.45) is 0 Å². The lowest BCUT2D eigenvalue weighted by Gasteiger charge is -2.19. The van der Waals surface area contributed by atoms with Crippen molar-refractivity contribution in [3.8, 4) is 5.75 Å². The molecule has 3 aromatic rings. The maximum atomic E-state index is 12.2. The quantitative estimate of drug-likeness (QED) is 0.616. The van der Waals surface area contributed by atoms with Crippen LogP contribution in [0.2, 0.25) is 0 Å². The average Bonchev–Trinajstić information content (AvgIpc) is 3.16. The van der Waals surface area contributed by atoms with Gasteiger partial charge in [0, 0.05) is 0 Å². The number of amides is 1. The molecule has 0 saturated heterocycles. The first-order chi connectivity index (χ1) is 13.8. The lowest BCUT2D eigenvalue weighted by Crippen LogP contribution is -2.35. The molecule has 1 N–H and O–H groups in total. The summed E-state index contributed by atoms with van der Waals surface area (Å²) in [5.74, 6) is -0.226. The standard InChI is InChI=1S/C21H24N4O4/c1-21(2,3)29-19(27)12-22-18(26)11-16-9-10-17(20-23-14-24-25(16)20)28-13-15-7-5-4-6-8-15/h4-10,14H,11-13H2,1-3H3,(H,22,26). The molecule has 0 aliphatic carbocycles. The van der Waals surface area contributed by atoms with Gasteiger partial charge in [0.2, 0.25) is 5.91 Å². The second-order valence-electron chi connectivity index (χ2n) is 7.50. The highest BCUT2D eigenvalue weighted by molar-refractivity contribution is 5.83. The highest BCUT2D eigenvalue weighted by Crippen LogP contribution is 2.20. The number of nitrogens with zero attached hydrogens (tertiary/aromatic N) is 3. The van der Waals surface area contributed by atoms with Gasteiger partial charge >= 0.3 is 5.97 Å². The maximum absolute atomic E-state index is 12.2. The lowest BCUT2D eigenvalue weighted by atomic mass is 10.2. The first-order valence-electron chi connectivity index (χ1n) is 9.29. The third kappa shape index (κ3) is 5.78. The smallest absolute Gasteiger partial charge is 0.325 e. The molecule has 29 heavy (non-hydrogen) atoms. The summed E-state index contributed by atoms with van der Waals surface area (Å²) in [6.45, 7) is 5.54. The average molecular weight is 396 g/mol. The Labute approximate surface area is 168 Å². The van der Waals surface area contributed by atoms with E-state index in [-0.39, 0.29) is 18.9 Å². The molecule has 1 amide bonds. The zero-order chi connectivity index (χ0) is 20.9. The van der Waals surface area contributed by atoms with E-state index in [2.05, 4.69) is 15.4 Å². The van der Waals surface area contributed by atoms with Crippen molar-refractivity contribution in [1.29, 1.82) is 0 Å². The van der Waals surface area contributed by atoms with Gasteiger partial charge in [-0.25, -0.2) is 9.50 Å². The van der Waals surface area contributed by atoms with Crippen LogP contribution in [-0.4, -0.2) is 38.6 Å². The van der Waals surface area contributed by atoms with Crippen LogP contribution in [0.5, 0.6) is 5.75 Å². The zero-order valence-electron chi connectivity index (χ0n) is 16.7. The van der Waals surface area contributed by atoms with Gasteiger partial charge < -0.3 is 14.8 Å². The molecule has 2 aromatic heterocycles. The van der Waals surface area contributed by atoms with Crippen LogP contribution >= 0.6 is 0 Å². The maximum Gasteiger partial charge on any atom is 0.325 e. The summed E-state index contributed by atoms with van der Waals surface area (Å²) in [6.07, 6.45) is 1.45. The van der Waals surface area contributed by atoms with E-state index < -0.39 is 11.6 Å². The van der Waals surface area contributed by atoms with E-state index in [1.165, 1.54) is 6.33 Å². The number of carbonyl (C=O) groups excluding carboxylic acids is 2. The molecular formula is C21H24N4O4. The summed E-state index contributed by atoms with van der Waals surface area (Å²) in [6, 6.07) is 13.3. The minimum Gasteiger partial charge on any atom is -0.485 e. The van der Waals surface area contributed by atoms with Crippen molar-refractivity contribution in [3.63, 3.8) is 0 Å². The van der Waals surface area contributed by atoms with Crippen LogP contribution < -0.4 is 10.1 Å². The number of aromatic nitrogens is 3. The largest absolute Gasteiger partial charge is 0.485 e. The van der Waals surface area contributed by atoms with E-state index in [9.17, 15) is 9.59 Å². The van der Waals surface area contributed by atoms with Crippen LogP contribution in [0.4, 0.5) is 0 Å². The molecule has 1 aromatic carbocycles. The second-order valence-corrected chi connectivity index (χ2v) is 7.50. The van der Waals surface area contributed by atoms with Crippen molar-refractivity contribution in [3.05, 3.63) is 60.0 Å². The van der Waals surface area contributed by atoms with Crippen LogP contribution in [0.25, 0.3) is 5.65 Å². The number of esters is 1. The van der Waals surface area contributed by atoms with Crippen molar-refractivity contribution in [1.82, 2.24) is 19.9 Å². The second kappa shape index (κ2) is 8.72. The van der Waals surface area contributed by atoms with Crippen LogP contribution in [0.3, 0.4) is 0 Å². The van der Waals surface area contributed by atoms with Gasteiger partial charge in [-0.15, -0.1) is 0 Å². The van der Waals surface area contributed by atoms with E-state index >= 15 is 0 Å². The van der Waals surface area contributed by atoms with E-state index in [0.717, 1.165) is 5.56 Å². The van der Waals surface area contributed by atoms with Gasteiger partial charge in [0.25, 0.3) is 0 Å². The van der Waals surface area contributed by atoms with Gasteiger partial charge in [0.1, 0.15) is 25.1 Å². The van der Waals surface area contributed by atoms with Gasteiger partial charge in [0.05, 0.1) is 12.1 Å². The first-order valence-corrected chi connectivity index (χ1v) is 9.29. The van der Waals surface area contributed by atoms with Gasteiger partial charge in [0.15, 0.2) is 11.4 Å². The molecule has 0 spiro atoms. The third-order valence-corrected chi connectivity index (χ3v) is 3.90. The Bertz CT molecular complexity index is 993. The van der Waals surface area contributed by atoms with Crippen molar-refractivity contribution in [2.45, 2.75) is 39.4 Å². The van der Waals surface area contributed by atoms with E-state index in [1.54, 1.807) is 37.4 Å². The zero-order valence-corrected chi connectivity index (χ0v) is 16.7. The summed E-state index contributed by atoms with van der Waals surface area (Å²) in [5, 5.41) is 6.75. The van der Waals surface area contributed by atoms with Crippen molar-refractivity contribution >= 4 is 17.5 Å². The fourth-order valence-electron chi connectivity index (χ4n) is 2.69. The molecule has 0 unspecified atom stereocenters. The fraction of sp³-hybridized carbons (Fsp3) is 0.333. The minimum absolute atomic E-state index is 0.0433. The highest BCUT2D eigenvalue weighted by atomic mass is 16.6. The van der Waals surface area contributed by atoms with Crippen LogP contribution in [0.1, 0.15) is 32.0 Å². The number of carbonyl (C=O) groups is 2. The number of nitrogens with one attached hydrogen (secondary N) is 1. The Balaban J connectivity index is 1.63. The van der Waals surface area contributed by atoms with Crippen LogP contribution in [0, 0.1) is 0 Å². The number of benzene rings is 1. The van der Waals surface area contributed by atoms with Crippen molar-refractivity contribution < 1.29 is 19.1 Å². The Kier molecular flexibility index (Phi) is 6.11. The molecule has 8 nitrogen and oxygen atoms in total. The molecular weight excluding hydrogens is 372 g/mol. The molecule has 3 rings (SSSR count). The minimum atomic E-state index is -0.593. The summed E-state index contributed by atoms with van der Waals surface area (Å²) >= 11 is 0. The number of ether oxygens (including phenoxy) is 2. The number of hydrogen-bond acceptors (Lipinski definition) is 6. The molecule has 0 aliphatic heterocycles. The molecule has 0 radical (unpaired) electrons. The Morgan fingerprint density at radius 2 is 1.86 bits per heavy atom. The molecule has 0 saturated carbocycles. The molecule has 0 atom stereocenters. The van der Waals surface area contributed by atoms with Gasteiger partial charge in [-0.05, 0) is 38.5 Å². The number of fused-ring (bicyclic) bond motifs is 1. The monoisotopic (exact) mass is 396 g/mol. The Hall–Kier alpha value is -3.42. The van der Waals surface area contributed by atoms with Crippen LogP contribution in [-0.2, 0) is 27.4 Å². The predicted molar refractivity (Wildman–Crippen MR) is 106 cm³/mol. The topological polar surface area (TPSA) is 94.8 Å². The normalized spacial score (nSPS) is 11.3. The highest BCUT2D eigenvalue weighted by Gasteiger charge is 2.17. The Morgan fingerprint density at radius 1 is 1.10 bits per heavy atom. The molecule has 0 aliphatic rings. The summed E-state index contributed by atoms with van der Waals surface area (Å²) in [5.41, 5.74) is 1.60. The van der Waals surface area contributed by atoms with E-state index in [0.29, 0.717) is 23.7 Å². The van der Waals surface area contributed by atoms with Gasteiger partial charge in [-0.2, -0.15) is 5.10 Å². The summed E-state index contributed by atoms with van der Waals surface area (Å²) in [4.78, 5) is 28.2. The predicted octanol–water partition coefficient (Wildman–Crippen LogP) is 2.31. The number of pyridine rings is 1. The molecule has 2 heterocycles. The SMILES string of the molecule is CC(C)(C)OC(=O)CNC(=O)Cc1ccc(OCc2ccccc2)c2ncnn12. The molecule has 0 fully saturated rings. The number of hydrogen-bond donors (Lipinski definition) is 1. The molecule has 0 bridgehead atoms. The van der Waals surface area contributed by atoms with Gasteiger partial charge in [-0.3, -0.25) is 9.59 Å². The first kappa shape index (κ1) is 20.3. The molecule has 8 heteroatoms.